The number of carbonyl (C=O) groups excluding carboxylic acids is 1. The van der Waals surface area contributed by atoms with Gasteiger partial charge in [-0.3, -0.25) is 5.32 Å². The maximum Gasteiger partial charge on any atom is 0.411 e. The lowest BCUT2D eigenvalue weighted by Gasteiger charge is -2.30. The maximum absolute atomic E-state index is 13.8. The molecule has 0 bridgehead atoms. The van der Waals surface area contributed by atoms with Crippen LogP contribution in [0.25, 0.3) is 0 Å². The molecule has 1 saturated heterocycles. The van der Waals surface area contributed by atoms with Gasteiger partial charge in [0.15, 0.2) is 0 Å². The Kier molecular flexibility index (Phi) is 4.79. The fourth-order valence-electron chi connectivity index (χ4n) is 2.26. The van der Waals surface area contributed by atoms with Crippen LogP contribution in [0.15, 0.2) is 18.2 Å². The number of likely N-dealkylation sites (tertiary alicyclic amines) is 1. The van der Waals surface area contributed by atoms with Crippen LogP contribution in [0, 0.1) is 5.82 Å². The van der Waals surface area contributed by atoms with E-state index in [1.165, 1.54) is 19.2 Å². The number of benzene rings is 1. The molecule has 2 N–H and O–H groups in total. The van der Waals surface area contributed by atoms with Crippen LogP contribution >= 0.6 is 0 Å². The van der Waals surface area contributed by atoms with Crippen molar-refractivity contribution in [2.75, 3.05) is 37.9 Å². The van der Waals surface area contributed by atoms with E-state index in [4.69, 9.17) is 0 Å². The van der Waals surface area contributed by atoms with Gasteiger partial charge in [0, 0.05) is 11.7 Å². The number of nitrogens with zero attached hydrogens (tertiary/aromatic N) is 1. The van der Waals surface area contributed by atoms with Gasteiger partial charge in [0.2, 0.25) is 0 Å². The number of piperidine rings is 1. The van der Waals surface area contributed by atoms with Crippen LogP contribution in [0.2, 0.25) is 0 Å². The molecule has 1 aromatic rings. The minimum Gasteiger partial charge on any atom is -0.453 e. The molecule has 1 aliphatic rings. The molecule has 1 fully saturated rings. The summed E-state index contributed by atoms with van der Waals surface area (Å²) in [5.74, 6) is -0.478. The molecule has 1 aliphatic heterocycles. The topological polar surface area (TPSA) is 53.6 Å². The number of amides is 1. The zero-order valence-electron chi connectivity index (χ0n) is 11.8. The smallest absolute Gasteiger partial charge is 0.411 e. The van der Waals surface area contributed by atoms with Gasteiger partial charge < -0.3 is 15.0 Å². The predicted octanol–water partition coefficient (Wildman–Crippen LogP) is 2.51. The van der Waals surface area contributed by atoms with E-state index in [1.807, 2.05) is 0 Å². The highest BCUT2D eigenvalue weighted by Crippen LogP contribution is 2.21. The van der Waals surface area contributed by atoms with Gasteiger partial charge >= 0.3 is 6.09 Å². The molecule has 5 nitrogen and oxygen atoms in total. The van der Waals surface area contributed by atoms with E-state index in [0.717, 1.165) is 31.6 Å². The van der Waals surface area contributed by atoms with Gasteiger partial charge in [0.1, 0.15) is 5.82 Å². The Balaban J connectivity index is 1.96. The number of rotatable bonds is 3. The van der Waals surface area contributed by atoms with Crippen molar-refractivity contribution in [2.24, 2.45) is 0 Å². The van der Waals surface area contributed by atoms with E-state index < -0.39 is 11.9 Å². The first-order valence-corrected chi connectivity index (χ1v) is 6.68. The van der Waals surface area contributed by atoms with Crippen LogP contribution in [-0.4, -0.2) is 44.3 Å². The van der Waals surface area contributed by atoms with Crippen molar-refractivity contribution >= 4 is 17.5 Å². The Hall–Kier alpha value is -1.82. The summed E-state index contributed by atoms with van der Waals surface area (Å²) in [6, 6.07) is 5.05. The number of methoxy groups -OCH3 is 1. The van der Waals surface area contributed by atoms with Crippen LogP contribution in [0.3, 0.4) is 0 Å². The molecular formula is C14H20FN3O2. The molecule has 0 radical (unpaired) electrons. The highest BCUT2D eigenvalue weighted by atomic mass is 19.1. The van der Waals surface area contributed by atoms with Crippen LogP contribution in [0.1, 0.15) is 12.8 Å². The Bertz CT molecular complexity index is 473. The van der Waals surface area contributed by atoms with Gasteiger partial charge in [0.05, 0.1) is 12.8 Å². The van der Waals surface area contributed by atoms with Crippen molar-refractivity contribution in [3.05, 3.63) is 24.0 Å². The lowest BCUT2D eigenvalue weighted by Crippen LogP contribution is -2.36. The highest BCUT2D eigenvalue weighted by molar-refractivity contribution is 5.84. The van der Waals surface area contributed by atoms with Gasteiger partial charge in [0.25, 0.3) is 0 Å². The number of ether oxygens (including phenoxy) is 1. The fraction of sp³-hybridized carbons (Fsp3) is 0.500. The molecule has 1 aromatic carbocycles. The van der Waals surface area contributed by atoms with Crippen molar-refractivity contribution in [1.82, 2.24) is 4.90 Å². The quantitative estimate of drug-likeness (QED) is 0.894. The number of nitrogens with one attached hydrogen (secondary N) is 2. The molecule has 0 spiro atoms. The first-order chi connectivity index (χ1) is 9.58. The average Bonchev–Trinajstić information content (AvgIpc) is 2.44. The summed E-state index contributed by atoms with van der Waals surface area (Å²) in [7, 11) is 3.34. The minimum atomic E-state index is -0.681. The number of hydrogen-bond acceptors (Lipinski definition) is 4. The van der Waals surface area contributed by atoms with E-state index in [2.05, 4.69) is 27.3 Å². The number of hydrogen-bond donors (Lipinski definition) is 2. The van der Waals surface area contributed by atoms with E-state index in [9.17, 15) is 9.18 Å². The summed E-state index contributed by atoms with van der Waals surface area (Å²) in [4.78, 5) is 13.3. The standard InChI is InChI=1S/C14H20FN3O2/c1-18-7-5-10(6-8-18)16-11-3-4-13(12(15)9-11)17-14(19)20-2/h3-4,9-10,16H,5-8H2,1-2H3,(H,17,19). The second-order valence-corrected chi connectivity index (χ2v) is 5.03. The largest absolute Gasteiger partial charge is 0.453 e. The van der Waals surface area contributed by atoms with Crippen molar-refractivity contribution in [3.8, 4) is 0 Å². The summed E-state index contributed by atoms with van der Waals surface area (Å²) in [6.07, 6.45) is 1.40. The third kappa shape index (κ3) is 3.84. The summed E-state index contributed by atoms with van der Waals surface area (Å²) in [5, 5.41) is 5.65. The average molecular weight is 281 g/mol. The third-order valence-electron chi connectivity index (χ3n) is 3.48. The van der Waals surface area contributed by atoms with Gasteiger partial charge in [-0.1, -0.05) is 0 Å². The summed E-state index contributed by atoms with van der Waals surface area (Å²) >= 11 is 0. The summed E-state index contributed by atoms with van der Waals surface area (Å²) in [6.45, 7) is 2.09. The molecule has 20 heavy (non-hydrogen) atoms. The third-order valence-corrected chi connectivity index (χ3v) is 3.48. The second kappa shape index (κ2) is 6.56. The van der Waals surface area contributed by atoms with E-state index >= 15 is 0 Å². The highest BCUT2D eigenvalue weighted by Gasteiger charge is 2.16. The molecule has 0 atom stereocenters. The Morgan fingerprint density at radius 1 is 1.40 bits per heavy atom. The molecule has 0 aromatic heterocycles. The number of anilines is 2. The molecule has 0 unspecified atom stereocenters. The molecule has 1 heterocycles. The molecule has 0 saturated carbocycles. The summed E-state index contributed by atoms with van der Waals surface area (Å²) < 4.78 is 18.3. The zero-order valence-corrected chi connectivity index (χ0v) is 11.8. The Morgan fingerprint density at radius 2 is 2.10 bits per heavy atom. The monoisotopic (exact) mass is 281 g/mol. The van der Waals surface area contributed by atoms with Gasteiger partial charge in [-0.15, -0.1) is 0 Å². The van der Waals surface area contributed by atoms with E-state index in [1.54, 1.807) is 6.07 Å². The first-order valence-electron chi connectivity index (χ1n) is 6.68. The molecule has 6 heteroatoms. The molecule has 0 aliphatic carbocycles. The molecule has 110 valence electrons. The number of halogens is 1. The predicted molar refractivity (Wildman–Crippen MR) is 76.6 cm³/mol. The second-order valence-electron chi connectivity index (χ2n) is 5.03. The molecule has 2 rings (SSSR count). The molecular weight excluding hydrogens is 261 g/mol. The van der Waals surface area contributed by atoms with E-state index in [0.29, 0.717) is 6.04 Å². The van der Waals surface area contributed by atoms with Gasteiger partial charge in [-0.25, -0.2) is 9.18 Å². The Labute approximate surface area is 118 Å². The normalized spacial score (nSPS) is 16.8. The lowest BCUT2D eigenvalue weighted by atomic mass is 10.1. The number of carbonyl (C=O) groups is 1. The van der Waals surface area contributed by atoms with E-state index in [-0.39, 0.29) is 5.69 Å². The SMILES string of the molecule is COC(=O)Nc1ccc(NC2CCN(C)CC2)cc1F. The van der Waals surface area contributed by atoms with Crippen molar-refractivity contribution in [1.29, 1.82) is 0 Å². The fourth-order valence-corrected chi connectivity index (χ4v) is 2.26. The minimum absolute atomic E-state index is 0.116. The maximum atomic E-state index is 13.8. The van der Waals surface area contributed by atoms with Crippen molar-refractivity contribution in [3.63, 3.8) is 0 Å². The molecule has 1 amide bonds. The van der Waals surface area contributed by atoms with Crippen LogP contribution in [-0.2, 0) is 4.74 Å². The van der Waals surface area contributed by atoms with Crippen molar-refractivity contribution in [2.45, 2.75) is 18.9 Å². The van der Waals surface area contributed by atoms with Crippen LogP contribution in [0.5, 0.6) is 0 Å². The van der Waals surface area contributed by atoms with Crippen molar-refractivity contribution < 1.29 is 13.9 Å². The zero-order chi connectivity index (χ0) is 14.5. The first kappa shape index (κ1) is 14.6. The lowest BCUT2D eigenvalue weighted by molar-refractivity contribution is 0.187. The van der Waals surface area contributed by atoms with Gasteiger partial charge in [-0.05, 0) is 51.2 Å². The van der Waals surface area contributed by atoms with Crippen LogP contribution in [0.4, 0.5) is 20.6 Å². The summed E-state index contributed by atoms with van der Waals surface area (Å²) in [5.41, 5.74) is 0.846. The van der Waals surface area contributed by atoms with Gasteiger partial charge in [-0.2, -0.15) is 0 Å². The van der Waals surface area contributed by atoms with Crippen LogP contribution < -0.4 is 10.6 Å². The Morgan fingerprint density at radius 3 is 2.70 bits per heavy atom.